The first-order chi connectivity index (χ1) is 9.69. The molecule has 0 bridgehead atoms. The van der Waals surface area contributed by atoms with E-state index in [1.807, 2.05) is 19.3 Å². The second-order valence-electron chi connectivity index (χ2n) is 4.39. The van der Waals surface area contributed by atoms with Crippen molar-refractivity contribution in [1.82, 2.24) is 20.4 Å². The number of hydrogen-bond acceptors (Lipinski definition) is 2. The van der Waals surface area contributed by atoms with Crippen molar-refractivity contribution in [3.8, 4) is 0 Å². The molecule has 0 aliphatic carbocycles. The van der Waals surface area contributed by atoms with Gasteiger partial charge in [-0.15, -0.1) is 24.0 Å². The van der Waals surface area contributed by atoms with Crippen molar-refractivity contribution in [1.29, 1.82) is 0 Å². The van der Waals surface area contributed by atoms with Gasteiger partial charge in [-0.2, -0.15) is 5.10 Å². The number of aryl methyl sites for hydroxylation is 1. The van der Waals surface area contributed by atoms with E-state index in [9.17, 15) is 4.39 Å². The lowest BCUT2D eigenvalue weighted by Gasteiger charge is -2.11. The lowest BCUT2D eigenvalue weighted by molar-refractivity contribution is 0.604. The monoisotopic (exact) mass is 403 g/mol. The number of hydrogen-bond donors (Lipinski definition) is 2. The van der Waals surface area contributed by atoms with Crippen LogP contribution in [0.5, 0.6) is 0 Å². The summed E-state index contributed by atoms with van der Waals surface area (Å²) in [6.45, 7) is 1.00. The zero-order valence-corrected chi connectivity index (χ0v) is 14.3. The van der Waals surface area contributed by atoms with Crippen LogP contribution in [0.15, 0.2) is 41.7 Å². The van der Waals surface area contributed by atoms with Gasteiger partial charge in [0.25, 0.3) is 0 Å². The van der Waals surface area contributed by atoms with Crippen LogP contribution in [-0.2, 0) is 20.1 Å². The average molecular weight is 403 g/mol. The van der Waals surface area contributed by atoms with Gasteiger partial charge in [-0.05, 0) is 6.07 Å². The molecule has 21 heavy (non-hydrogen) atoms. The minimum Gasteiger partial charge on any atom is -0.352 e. The summed E-state index contributed by atoms with van der Waals surface area (Å²) in [5, 5.41) is 10.3. The standard InChI is InChI=1S/C14H18FN5.HI/c1-16-14(17-7-11-8-19-20(2)10-11)18-9-12-5-3-4-6-13(12)15;/h3-6,8,10H,7,9H2,1-2H3,(H2,16,17,18);1H. The smallest absolute Gasteiger partial charge is 0.191 e. The minimum absolute atomic E-state index is 0. The van der Waals surface area contributed by atoms with Gasteiger partial charge in [-0.25, -0.2) is 4.39 Å². The van der Waals surface area contributed by atoms with E-state index in [2.05, 4.69) is 20.7 Å². The molecule has 0 fully saturated rings. The molecule has 114 valence electrons. The Morgan fingerprint density at radius 3 is 2.62 bits per heavy atom. The summed E-state index contributed by atoms with van der Waals surface area (Å²) in [6.07, 6.45) is 3.72. The van der Waals surface area contributed by atoms with Crippen LogP contribution in [0.1, 0.15) is 11.1 Å². The van der Waals surface area contributed by atoms with Gasteiger partial charge in [-0.1, -0.05) is 18.2 Å². The van der Waals surface area contributed by atoms with Gasteiger partial charge in [0.2, 0.25) is 0 Å². The predicted molar refractivity (Wildman–Crippen MR) is 92.1 cm³/mol. The second-order valence-corrected chi connectivity index (χ2v) is 4.39. The number of benzene rings is 1. The molecule has 1 aromatic carbocycles. The Morgan fingerprint density at radius 2 is 2.00 bits per heavy atom. The Morgan fingerprint density at radius 1 is 1.29 bits per heavy atom. The van der Waals surface area contributed by atoms with E-state index in [1.165, 1.54) is 6.07 Å². The van der Waals surface area contributed by atoms with Gasteiger partial charge in [-0.3, -0.25) is 9.67 Å². The SMILES string of the molecule is CN=C(NCc1cnn(C)c1)NCc1ccccc1F.I. The van der Waals surface area contributed by atoms with Gasteiger partial charge in [0.1, 0.15) is 5.82 Å². The quantitative estimate of drug-likeness (QED) is 0.467. The van der Waals surface area contributed by atoms with Crippen LogP contribution in [0, 0.1) is 5.82 Å². The summed E-state index contributed by atoms with van der Waals surface area (Å²) in [4.78, 5) is 4.10. The second kappa shape index (κ2) is 8.60. The van der Waals surface area contributed by atoms with Crippen LogP contribution in [-0.4, -0.2) is 22.8 Å². The highest BCUT2D eigenvalue weighted by Gasteiger charge is 2.03. The van der Waals surface area contributed by atoms with E-state index in [0.29, 0.717) is 24.6 Å². The van der Waals surface area contributed by atoms with Crippen molar-refractivity contribution in [2.24, 2.45) is 12.0 Å². The molecule has 1 aromatic heterocycles. The Bertz CT molecular complexity index is 597. The molecule has 0 unspecified atom stereocenters. The maximum absolute atomic E-state index is 13.5. The molecule has 0 radical (unpaired) electrons. The number of nitrogens with one attached hydrogen (secondary N) is 2. The van der Waals surface area contributed by atoms with Gasteiger partial charge in [0.15, 0.2) is 5.96 Å². The average Bonchev–Trinajstić information content (AvgIpc) is 2.86. The molecule has 0 atom stereocenters. The highest BCUT2D eigenvalue weighted by atomic mass is 127. The molecule has 0 amide bonds. The minimum atomic E-state index is -0.220. The molecule has 2 N–H and O–H groups in total. The summed E-state index contributed by atoms with van der Waals surface area (Å²) in [6, 6.07) is 6.68. The summed E-state index contributed by atoms with van der Waals surface area (Å²) in [5.74, 6) is 0.403. The van der Waals surface area contributed by atoms with Crippen LogP contribution < -0.4 is 10.6 Å². The zero-order valence-electron chi connectivity index (χ0n) is 12.0. The molecule has 0 aliphatic rings. The van der Waals surface area contributed by atoms with E-state index in [4.69, 9.17) is 0 Å². The lowest BCUT2D eigenvalue weighted by Crippen LogP contribution is -2.36. The third kappa shape index (κ3) is 5.33. The summed E-state index contributed by atoms with van der Waals surface area (Å²) >= 11 is 0. The molecule has 7 heteroatoms. The third-order valence-electron chi connectivity index (χ3n) is 2.85. The van der Waals surface area contributed by atoms with E-state index < -0.39 is 0 Å². The number of aromatic nitrogens is 2. The van der Waals surface area contributed by atoms with Gasteiger partial charge < -0.3 is 10.6 Å². The fourth-order valence-electron chi connectivity index (χ4n) is 1.79. The maximum Gasteiger partial charge on any atom is 0.191 e. The van der Waals surface area contributed by atoms with Crippen LogP contribution in [0.4, 0.5) is 4.39 Å². The topological polar surface area (TPSA) is 54.2 Å². The summed E-state index contributed by atoms with van der Waals surface area (Å²) < 4.78 is 15.2. The fourth-order valence-corrected chi connectivity index (χ4v) is 1.79. The maximum atomic E-state index is 13.5. The number of rotatable bonds is 4. The highest BCUT2D eigenvalue weighted by molar-refractivity contribution is 14.0. The Hall–Kier alpha value is -1.64. The first kappa shape index (κ1) is 17.4. The number of guanidine groups is 1. The first-order valence-electron chi connectivity index (χ1n) is 6.34. The third-order valence-corrected chi connectivity index (χ3v) is 2.85. The molecule has 0 saturated carbocycles. The van der Waals surface area contributed by atoms with Gasteiger partial charge in [0, 0.05) is 44.5 Å². The Labute approximate surface area is 140 Å². The zero-order chi connectivity index (χ0) is 14.4. The molecule has 0 aliphatic heterocycles. The number of halogens is 2. The normalized spacial score (nSPS) is 10.9. The molecule has 0 spiro atoms. The largest absolute Gasteiger partial charge is 0.352 e. The summed E-state index contributed by atoms with van der Waals surface area (Å²) in [5.41, 5.74) is 1.66. The predicted octanol–water partition coefficient (Wildman–Crippen LogP) is 2.04. The van der Waals surface area contributed by atoms with Crippen molar-refractivity contribution < 1.29 is 4.39 Å². The summed E-state index contributed by atoms with van der Waals surface area (Å²) in [7, 11) is 3.55. The van der Waals surface area contributed by atoms with Crippen LogP contribution in [0.2, 0.25) is 0 Å². The molecule has 2 aromatic rings. The Kier molecular flexibility index (Phi) is 7.13. The first-order valence-corrected chi connectivity index (χ1v) is 6.34. The van der Waals surface area contributed by atoms with E-state index >= 15 is 0 Å². The van der Waals surface area contributed by atoms with Crippen molar-refractivity contribution >= 4 is 29.9 Å². The van der Waals surface area contributed by atoms with Crippen molar-refractivity contribution in [3.63, 3.8) is 0 Å². The van der Waals surface area contributed by atoms with E-state index in [-0.39, 0.29) is 29.8 Å². The molecule has 0 saturated heterocycles. The number of aliphatic imine (C=N–C) groups is 1. The number of nitrogens with zero attached hydrogens (tertiary/aromatic N) is 3. The molecule has 2 rings (SSSR count). The Balaban J connectivity index is 0.00000220. The van der Waals surface area contributed by atoms with Crippen LogP contribution in [0.25, 0.3) is 0 Å². The van der Waals surface area contributed by atoms with Crippen LogP contribution in [0.3, 0.4) is 0 Å². The van der Waals surface area contributed by atoms with Crippen LogP contribution >= 0.6 is 24.0 Å². The molecule has 5 nitrogen and oxygen atoms in total. The molecular formula is C14H19FIN5. The fraction of sp³-hybridized carbons (Fsp3) is 0.286. The van der Waals surface area contributed by atoms with Crippen molar-refractivity contribution in [2.75, 3.05) is 7.05 Å². The van der Waals surface area contributed by atoms with Gasteiger partial charge >= 0.3 is 0 Å². The lowest BCUT2D eigenvalue weighted by atomic mass is 10.2. The van der Waals surface area contributed by atoms with Crippen molar-refractivity contribution in [2.45, 2.75) is 13.1 Å². The molecular weight excluding hydrogens is 384 g/mol. The van der Waals surface area contributed by atoms with E-state index in [0.717, 1.165) is 5.56 Å². The van der Waals surface area contributed by atoms with Gasteiger partial charge in [0.05, 0.1) is 6.20 Å². The van der Waals surface area contributed by atoms with Crippen molar-refractivity contribution in [3.05, 3.63) is 53.6 Å². The highest BCUT2D eigenvalue weighted by Crippen LogP contribution is 2.05. The molecule has 1 heterocycles. The van der Waals surface area contributed by atoms with E-state index in [1.54, 1.807) is 30.1 Å².